The number of nitrogens with one attached hydrogen (secondary N) is 1. The summed E-state index contributed by atoms with van der Waals surface area (Å²) in [6, 6.07) is 10.8. The molecule has 0 amide bonds. The van der Waals surface area contributed by atoms with Crippen molar-refractivity contribution < 1.29 is 45.4 Å². The average Bonchev–Trinajstić information content (AvgIpc) is 2.62. The van der Waals surface area contributed by atoms with Crippen LogP contribution in [-0.2, 0) is 27.1 Å². The second kappa shape index (κ2) is 10.4. The minimum atomic E-state index is -2.39. The normalized spacial score (nSPS) is 16.7. The number of rotatable bonds is 4. The van der Waals surface area contributed by atoms with E-state index in [1.54, 1.807) is 14.4 Å². The van der Waals surface area contributed by atoms with Crippen LogP contribution in [0, 0.1) is 5.92 Å². The molecule has 1 N–H and O–H groups in total. The minimum absolute atomic E-state index is 0. The van der Waals surface area contributed by atoms with E-state index in [0.717, 1.165) is 6.54 Å². The van der Waals surface area contributed by atoms with Crippen molar-refractivity contribution in [2.75, 3.05) is 0 Å². The Kier molecular flexibility index (Phi) is 11.5. The molecular weight excluding hydrogens is 420 g/mol. The van der Waals surface area contributed by atoms with Crippen molar-refractivity contribution in [1.29, 1.82) is 0 Å². The molecule has 1 aromatic rings. The molecule has 1 aliphatic carbocycles. The average molecular weight is 452 g/mol. The van der Waals surface area contributed by atoms with E-state index < -0.39 is 20.6 Å². The molecule has 0 spiro atoms. The van der Waals surface area contributed by atoms with E-state index in [4.69, 9.17) is 0 Å². The summed E-state index contributed by atoms with van der Waals surface area (Å²) in [6.45, 7) is 10.3. The summed E-state index contributed by atoms with van der Waals surface area (Å²) >= 11 is -2.39. The van der Waals surface area contributed by atoms with Gasteiger partial charge in [0, 0.05) is 0 Å². The number of hydrogen-bond acceptors (Lipinski definition) is 1. The van der Waals surface area contributed by atoms with Gasteiger partial charge in [0.15, 0.2) is 0 Å². The molecule has 2 rings (SSSR count). The molecule has 1 aliphatic rings. The fourth-order valence-corrected chi connectivity index (χ4v) is 11.4. The van der Waals surface area contributed by atoms with E-state index in [-0.39, 0.29) is 35.8 Å². The first kappa shape index (κ1) is 25.6. The summed E-state index contributed by atoms with van der Waals surface area (Å²) in [6.07, 6.45) is 0. The molecule has 0 bridgehead atoms. The molecule has 23 heavy (non-hydrogen) atoms. The van der Waals surface area contributed by atoms with Crippen molar-refractivity contribution in [3.63, 3.8) is 0 Å². The Morgan fingerprint density at radius 1 is 0.957 bits per heavy atom. The van der Waals surface area contributed by atoms with Gasteiger partial charge in [-0.05, 0) is 11.0 Å². The van der Waals surface area contributed by atoms with Gasteiger partial charge in [0.05, 0.1) is 0 Å². The maximum Gasteiger partial charge on any atom is -0.0149 e. The first-order chi connectivity index (χ1) is 9.34. The zero-order valence-electron chi connectivity index (χ0n) is 14.4. The number of halogens is 2. The Balaban J connectivity index is 0. The van der Waals surface area contributed by atoms with Crippen molar-refractivity contribution in [3.05, 3.63) is 55.9 Å². The number of benzene rings is 1. The van der Waals surface area contributed by atoms with Crippen LogP contribution in [0.1, 0.15) is 33.3 Å². The van der Waals surface area contributed by atoms with Crippen LogP contribution < -0.4 is 28.1 Å². The van der Waals surface area contributed by atoms with Crippen LogP contribution in [-0.4, -0.2) is 11.0 Å². The van der Waals surface area contributed by atoms with E-state index in [1.807, 2.05) is 0 Å². The van der Waals surface area contributed by atoms with Crippen molar-refractivity contribution >= 4 is 11.0 Å². The second-order valence-corrected chi connectivity index (χ2v) is 16.7. The molecule has 0 saturated heterocycles. The summed E-state index contributed by atoms with van der Waals surface area (Å²) in [5.74, 6) is 0.643. The van der Waals surface area contributed by atoms with Gasteiger partial charge in [-0.1, -0.05) is 0 Å². The summed E-state index contributed by atoms with van der Waals surface area (Å²) in [5, 5.41) is 0. The molecule has 1 atom stereocenters. The fraction of sp³-hybridized carbons (Fsp3) is 0.444. The predicted octanol–water partition coefficient (Wildman–Crippen LogP) is -2.24. The van der Waals surface area contributed by atoms with Crippen LogP contribution in [0.4, 0.5) is 0 Å². The van der Waals surface area contributed by atoms with Gasteiger partial charge in [0.25, 0.3) is 0 Å². The van der Waals surface area contributed by atoms with Crippen LogP contribution in [0.2, 0.25) is 9.26 Å². The van der Waals surface area contributed by atoms with Gasteiger partial charge in [0.1, 0.15) is 0 Å². The molecule has 0 aromatic heterocycles. The summed E-state index contributed by atoms with van der Waals surface area (Å²) < 4.78 is 10.7. The monoisotopic (exact) mass is 449 g/mol. The van der Waals surface area contributed by atoms with Gasteiger partial charge >= 0.3 is 129 Å². The van der Waals surface area contributed by atoms with E-state index in [1.165, 1.54) is 11.1 Å². The van der Waals surface area contributed by atoms with E-state index >= 15 is 0 Å². The van der Waals surface area contributed by atoms with Crippen LogP contribution in [0.15, 0.2) is 50.3 Å². The predicted molar refractivity (Wildman–Crippen MR) is 96.6 cm³/mol. The molecule has 0 aliphatic heterocycles. The zero-order chi connectivity index (χ0) is 14.9. The topological polar surface area (TPSA) is 12.0 Å². The second-order valence-electron chi connectivity index (χ2n) is 6.53. The molecule has 0 radical (unpaired) electrons. The van der Waals surface area contributed by atoms with Gasteiger partial charge in [0.2, 0.25) is 0 Å². The Hall–Kier alpha value is 0.340. The zero-order valence-corrected chi connectivity index (χ0v) is 18.4. The first-order valence-corrected chi connectivity index (χ1v) is 14.9. The summed E-state index contributed by atoms with van der Waals surface area (Å²) in [5.41, 5.74) is 6.06. The van der Waals surface area contributed by atoms with E-state index in [9.17, 15) is 0 Å². The van der Waals surface area contributed by atoms with Gasteiger partial charge in [-0.15, -0.1) is 0 Å². The van der Waals surface area contributed by atoms with Crippen LogP contribution in [0.3, 0.4) is 0 Å². The Labute approximate surface area is 164 Å². The minimum Gasteiger partial charge on any atom is -1.00 e. The van der Waals surface area contributed by atoms with Gasteiger partial charge in [-0.2, -0.15) is 0 Å². The molecule has 1 unspecified atom stereocenters. The van der Waals surface area contributed by atoms with Gasteiger partial charge in [-0.25, -0.2) is 0 Å². The third kappa shape index (κ3) is 5.68. The third-order valence-corrected chi connectivity index (χ3v) is 12.8. The molecule has 0 saturated carbocycles. The smallest absolute Gasteiger partial charge is 0.0149 e. The van der Waals surface area contributed by atoms with Crippen LogP contribution in [0.25, 0.3) is 0 Å². The fourth-order valence-electron chi connectivity index (χ4n) is 3.39. The standard InChI is InChI=1S/C9H13.C7H8N.2CH3.2ClH.H4Si.Zr/c1-6-5-7(2)9(4)8(6)3;8-6-7-4-2-1-3-5-7;;;;;;/h6H,1-4H3;1-5,8H,6H2;2*1H3;2*1H;1H4;/q;-1;;;;;;+3/p-2. The molecule has 130 valence electrons. The summed E-state index contributed by atoms with van der Waals surface area (Å²) in [7, 11) is 0. The van der Waals surface area contributed by atoms with Gasteiger partial charge < -0.3 is 24.8 Å². The summed E-state index contributed by atoms with van der Waals surface area (Å²) in [4.78, 5) is 0. The molecular formula is C18H31Cl2NSiZr. The maximum absolute atomic E-state index is 3.94. The third-order valence-electron chi connectivity index (χ3n) is 4.89. The van der Waals surface area contributed by atoms with E-state index in [2.05, 4.69) is 70.6 Å². The number of hydrogen-bond donors (Lipinski definition) is 1. The van der Waals surface area contributed by atoms with Crippen molar-refractivity contribution in [2.24, 2.45) is 5.92 Å². The molecule has 1 aromatic carbocycles. The maximum atomic E-state index is 3.94. The number of allylic oxidation sites excluding steroid dienone is 4. The Bertz CT molecular complexity index is 568. The quantitative estimate of drug-likeness (QED) is 0.511. The Morgan fingerprint density at radius 2 is 1.48 bits per heavy atom. The first-order valence-electron chi connectivity index (χ1n) is 7.52. The van der Waals surface area contributed by atoms with Crippen molar-refractivity contribution in [3.8, 4) is 0 Å². The van der Waals surface area contributed by atoms with E-state index in [0.29, 0.717) is 5.92 Å². The van der Waals surface area contributed by atoms with Crippen molar-refractivity contribution in [2.45, 2.75) is 43.5 Å². The van der Waals surface area contributed by atoms with Crippen LogP contribution in [0.5, 0.6) is 0 Å². The molecule has 1 nitrogen and oxygen atoms in total. The Morgan fingerprint density at radius 3 is 1.91 bits per heavy atom. The largest absolute Gasteiger partial charge is 1.00 e. The molecule has 0 fully saturated rings. The molecule has 5 heteroatoms. The molecule has 0 heterocycles. The van der Waals surface area contributed by atoms with Crippen molar-refractivity contribution in [1.82, 2.24) is 3.26 Å². The SMILES string of the molecule is CC1=C(C)C(C)[C]([Zr+2]([CH3])([CH3])[NH]Cc2ccccc2)=C1C.[Cl-].[Cl-].[SiH4]. The van der Waals surface area contributed by atoms with Gasteiger partial charge in [-0.3, -0.25) is 0 Å². The van der Waals surface area contributed by atoms with Crippen LogP contribution >= 0.6 is 0 Å².